The van der Waals surface area contributed by atoms with Crippen LogP contribution in [0.4, 0.5) is 17.1 Å². The number of aliphatic hydroxyl groups is 1. The number of nitro benzene ring substituents is 2. The van der Waals surface area contributed by atoms with Crippen molar-refractivity contribution < 1.29 is 24.9 Å². The van der Waals surface area contributed by atoms with E-state index in [1.165, 1.54) is 7.05 Å². The molecule has 10 heteroatoms. The van der Waals surface area contributed by atoms with Gasteiger partial charge in [0.05, 0.1) is 22.0 Å². The van der Waals surface area contributed by atoms with E-state index in [0.29, 0.717) is 0 Å². The van der Waals surface area contributed by atoms with Gasteiger partial charge in [0, 0.05) is 25.7 Å². The van der Waals surface area contributed by atoms with Crippen LogP contribution in [-0.4, -0.2) is 46.2 Å². The van der Waals surface area contributed by atoms with Crippen LogP contribution in [0, 0.1) is 20.2 Å². The molecule has 0 atom stereocenters. The molecule has 0 radical (unpaired) electrons. The number of hydrogen-bond donors (Lipinski definition) is 2. The Kier molecular flexibility index (Phi) is 4.54. The molecule has 2 N–H and O–H groups in total. The number of aliphatic hydroxyl groups excluding tert-OH is 1. The summed E-state index contributed by atoms with van der Waals surface area (Å²) >= 11 is 0. The van der Waals surface area contributed by atoms with E-state index in [4.69, 9.17) is 10.2 Å². The van der Waals surface area contributed by atoms with Crippen molar-refractivity contribution in [2.24, 2.45) is 0 Å². The second-order valence-corrected chi connectivity index (χ2v) is 3.83. The fraction of sp³-hybridized carbons (Fsp3) is 0.300. The lowest BCUT2D eigenvalue weighted by atomic mass is 10.1. The fourth-order valence-corrected chi connectivity index (χ4v) is 1.66. The summed E-state index contributed by atoms with van der Waals surface area (Å²) in [4.78, 5) is 32.1. The van der Waals surface area contributed by atoms with Gasteiger partial charge in [0.2, 0.25) is 0 Å². The van der Waals surface area contributed by atoms with E-state index in [-0.39, 0.29) is 18.8 Å². The highest BCUT2D eigenvalue weighted by molar-refractivity contribution is 5.92. The van der Waals surface area contributed by atoms with E-state index in [2.05, 4.69) is 0 Å². The van der Waals surface area contributed by atoms with Crippen LogP contribution >= 0.6 is 0 Å². The molecule has 0 heterocycles. The van der Waals surface area contributed by atoms with Gasteiger partial charge in [-0.25, -0.2) is 4.79 Å². The Balaban J connectivity index is 3.63. The maximum absolute atomic E-state index is 11.0. The summed E-state index contributed by atoms with van der Waals surface area (Å²) in [5.41, 5.74) is -2.30. The molecule has 0 amide bonds. The lowest BCUT2D eigenvalue weighted by molar-refractivity contribution is -0.392. The van der Waals surface area contributed by atoms with Crippen LogP contribution in [0.1, 0.15) is 10.4 Å². The third-order valence-corrected chi connectivity index (χ3v) is 2.53. The summed E-state index contributed by atoms with van der Waals surface area (Å²) in [5, 5.41) is 39.6. The van der Waals surface area contributed by atoms with Crippen LogP contribution in [0.3, 0.4) is 0 Å². The summed E-state index contributed by atoms with van der Waals surface area (Å²) in [5.74, 6) is -1.51. The first-order valence-electron chi connectivity index (χ1n) is 5.31. The maximum Gasteiger partial charge on any atom is 0.336 e. The number of likely N-dealkylation sites (N-methyl/N-ethyl adjacent to an activating group) is 1. The molecular weight excluding hydrogens is 274 g/mol. The first-order chi connectivity index (χ1) is 9.29. The fourth-order valence-electron chi connectivity index (χ4n) is 1.66. The minimum absolute atomic E-state index is 0.0753. The predicted octanol–water partition coefficient (Wildman–Crippen LogP) is 0.630. The number of anilines is 1. The number of carbonyl (C=O) groups is 1. The number of benzene rings is 1. The van der Waals surface area contributed by atoms with Crippen molar-refractivity contribution in [2.45, 2.75) is 0 Å². The highest BCUT2D eigenvalue weighted by Crippen LogP contribution is 2.38. The summed E-state index contributed by atoms with van der Waals surface area (Å²) < 4.78 is 0. The number of carboxylic acid groups (broad SMARTS) is 1. The molecule has 10 nitrogen and oxygen atoms in total. The number of nitrogens with zero attached hydrogens (tertiary/aromatic N) is 3. The van der Waals surface area contributed by atoms with Crippen LogP contribution in [0.25, 0.3) is 0 Å². The van der Waals surface area contributed by atoms with E-state index >= 15 is 0 Å². The van der Waals surface area contributed by atoms with Crippen molar-refractivity contribution in [1.29, 1.82) is 0 Å². The minimum atomic E-state index is -1.51. The molecule has 0 spiro atoms. The van der Waals surface area contributed by atoms with E-state index in [1.54, 1.807) is 0 Å². The third kappa shape index (κ3) is 2.98. The quantitative estimate of drug-likeness (QED) is 0.571. The lowest BCUT2D eigenvalue weighted by Gasteiger charge is -2.17. The van der Waals surface area contributed by atoms with Crippen molar-refractivity contribution in [3.63, 3.8) is 0 Å². The Bertz CT molecular complexity index is 537. The normalized spacial score (nSPS) is 10.1. The molecule has 1 aromatic rings. The summed E-state index contributed by atoms with van der Waals surface area (Å²) in [6.45, 7) is -0.445. The largest absolute Gasteiger partial charge is 0.478 e. The van der Waals surface area contributed by atoms with Gasteiger partial charge in [-0.3, -0.25) is 20.2 Å². The zero-order valence-corrected chi connectivity index (χ0v) is 10.3. The first-order valence-corrected chi connectivity index (χ1v) is 5.31. The molecule has 0 aromatic heterocycles. The molecule has 0 saturated carbocycles. The molecule has 1 rings (SSSR count). The van der Waals surface area contributed by atoms with E-state index in [9.17, 15) is 25.0 Å². The van der Waals surface area contributed by atoms with Gasteiger partial charge >= 0.3 is 17.3 Å². The third-order valence-electron chi connectivity index (χ3n) is 2.53. The van der Waals surface area contributed by atoms with Crippen molar-refractivity contribution in [3.8, 4) is 0 Å². The van der Waals surface area contributed by atoms with Crippen molar-refractivity contribution in [3.05, 3.63) is 37.9 Å². The number of rotatable bonds is 6. The average molecular weight is 285 g/mol. The molecule has 0 saturated heterocycles. The zero-order chi connectivity index (χ0) is 15.4. The van der Waals surface area contributed by atoms with Crippen LogP contribution < -0.4 is 4.90 Å². The standard InChI is InChI=1S/C10H11N3O7/c1-11(2-3-14)9-7(12(17)18)4-6(10(15)16)5-8(9)13(19)20/h4-5,14H,2-3H2,1H3,(H,15,16). The summed E-state index contributed by atoms with van der Waals surface area (Å²) in [6, 6.07) is 1.50. The molecule has 108 valence electrons. The summed E-state index contributed by atoms with van der Waals surface area (Å²) in [6.07, 6.45) is 0. The highest BCUT2D eigenvalue weighted by Gasteiger charge is 2.30. The van der Waals surface area contributed by atoms with Gasteiger partial charge in [-0.1, -0.05) is 0 Å². The molecule has 0 aliphatic carbocycles. The molecule has 20 heavy (non-hydrogen) atoms. The molecule has 0 bridgehead atoms. The van der Waals surface area contributed by atoms with Gasteiger partial charge in [-0.15, -0.1) is 0 Å². The topological polar surface area (TPSA) is 147 Å². The van der Waals surface area contributed by atoms with Crippen LogP contribution in [0.2, 0.25) is 0 Å². The average Bonchev–Trinajstić information content (AvgIpc) is 2.36. The highest BCUT2D eigenvalue weighted by atomic mass is 16.6. The van der Waals surface area contributed by atoms with Crippen LogP contribution in [0.5, 0.6) is 0 Å². The van der Waals surface area contributed by atoms with Gasteiger partial charge in [0.15, 0.2) is 5.69 Å². The molecule has 0 aliphatic heterocycles. The monoisotopic (exact) mass is 285 g/mol. The number of hydrogen-bond acceptors (Lipinski definition) is 7. The van der Waals surface area contributed by atoms with Gasteiger partial charge in [-0.2, -0.15) is 0 Å². The van der Waals surface area contributed by atoms with E-state index in [1.807, 2.05) is 0 Å². The second kappa shape index (κ2) is 5.93. The Morgan fingerprint density at radius 1 is 1.25 bits per heavy atom. The Morgan fingerprint density at radius 2 is 1.70 bits per heavy atom. The number of carboxylic acids is 1. The Morgan fingerprint density at radius 3 is 2.00 bits per heavy atom. The number of aromatic carboxylic acids is 1. The van der Waals surface area contributed by atoms with Crippen molar-refractivity contribution >= 4 is 23.0 Å². The smallest absolute Gasteiger partial charge is 0.336 e. The second-order valence-electron chi connectivity index (χ2n) is 3.83. The number of nitro groups is 2. The van der Waals surface area contributed by atoms with Crippen LogP contribution in [0.15, 0.2) is 12.1 Å². The van der Waals surface area contributed by atoms with Gasteiger partial charge in [0.1, 0.15) is 0 Å². The molecule has 0 aliphatic rings. The van der Waals surface area contributed by atoms with E-state index < -0.39 is 32.8 Å². The Hall–Kier alpha value is -2.75. The maximum atomic E-state index is 11.0. The Labute approximate surface area is 112 Å². The predicted molar refractivity (Wildman–Crippen MR) is 67.1 cm³/mol. The van der Waals surface area contributed by atoms with Gasteiger partial charge < -0.3 is 15.1 Å². The van der Waals surface area contributed by atoms with Gasteiger partial charge in [0.25, 0.3) is 0 Å². The van der Waals surface area contributed by atoms with E-state index in [0.717, 1.165) is 17.0 Å². The molecule has 1 aromatic carbocycles. The van der Waals surface area contributed by atoms with Crippen molar-refractivity contribution in [1.82, 2.24) is 0 Å². The van der Waals surface area contributed by atoms with Gasteiger partial charge in [-0.05, 0) is 0 Å². The van der Waals surface area contributed by atoms with Crippen molar-refractivity contribution in [2.75, 3.05) is 25.1 Å². The molecule has 0 unspecified atom stereocenters. The zero-order valence-electron chi connectivity index (χ0n) is 10.3. The molecular formula is C10H11N3O7. The first kappa shape index (κ1) is 15.3. The SMILES string of the molecule is CN(CCO)c1c([N+](=O)[O-])cc(C(=O)O)cc1[N+](=O)[O-]. The lowest BCUT2D eigenvalue weighted by Crippen LogP contribution is -2.23. The summed E-state index contributed by atoms with van der Waals surface area (Å²) in [7, 11) is 1.33. The molecule has 0 fully saturated rings. The van der Waals surface area contributed by atoms with Crippen LogP contribution in [-0.2, 0) is 0 Å². The minimum Gasteiger partial charge on any atom is -0.478 e.